The maximum Gasteiger partial charge on any atom is 0.224 e. The summed E-state index contributed by atoms with van der Waals surface area (Å²) in [7, 11) is 0. The molecule has 1 aliphatic heterocycles. The zero-order valence-electron chi connectivity index (χ0n) is 15.3. The Balaban J connectivity index is 1.51. The monoisotopic (exact) mass is 336 g/mol. The summed E-state index contributed by atoms with van der Waals surface area (Å²) >= 11 is 0. The molecule has 1 fully saturated rings. The summed E-state index contributed by atoms with van der Waals surface area (Å²) in [6.07, 6.45) is 4.37. The number of hydrogen-bond donors (Lipinski definition) is 1. The van der Waals surface area contributed by atoms with Crippen molar-refractivity contribution in [1.82, 2.24) is 5.32 Å². The van der Waals surface area contributed by atoms with Gasteiger partial charge in [0.25, 0.3) is 0 Å². The third-order valence-electron chi connectivity index (χ3n) is 5.00. The number of nitrogens with one attached hydrogen (secondary N) is 1. The van der Waals surface area contributed by atoms with Gasteiger partial charge in [0.2, 0.25) is 5.91 Å². The predicted octanol–water partition coefficient (Wildman–Crippen LogP) is 4.15. The van der Waals surface area contributed by atoms with Crippen LogP contribution in [-0.2, 0) is 17.8 Å². The van der Waals surface area contributed by atoms with Gasteiger partial charge >= 0.3 is 0 Å². The van der Waals surface area contributed by atoms with Crippen molar-refractivity contribution in [3.05, 3.63) is 64.7 Å². The van der Waals surface area contributed by atoms with Crippen molar-refractivity contribution >= 4 is 11.6 Å². The fraction of sp³-hybridized carbons (Fsp3) is 0.409. The molecule has 0 spiro atoms. The van der Waals surface area contributed by atoms with Crippen LogP contribution in [0.25, 0.3) is 0 Å². The molecule has 25 heavy (non-hydrogen) atoms. The number of piperidine rings is 1. The van der Waals surface area contributed by atoms with E-state index in [-0.39, 0.29) is 5.91 Å². The van der Waals surface area contributed by atoms with Crippen LogP contribution >= 0.6 is 0 Å². The minimum Gasteiger partial charge on any atom is -0.372 e. The van der Waals surface area contributed by atoms with Crippen molar-refractivity contribution in [2.24, 2.45) is 0 Å². The Bertz CT molecular complexity index is 715. The van der Waals surface area contributed by atoms with Crippen LogP contribution < -0.4 is 10.2 Å². The second-order valence-corrected chi connectivity index (χ2v) is 7.10. The fourth-order valence-electron chi connectivity index (χ4n) is 3.46. The summed E-state index contributed by atoms with van der Waals surface area (Å²) in [5.41, 5.74) is 5.96. The predicted molar refractivity (Wildman–Crippen MR) is 104 cm³/mol. The SMILES string of the molecule is Cc1ccc(CC(=O)NCc2ccc(N3CCCCC3)cc2)c(C)c1. The van der Waals surface area contributed by atoms with E-state index in [1.54, 1.807) is 0 Å². The van der Waals surface area contributed by atoms with Gasteiger partial charge in [-0.05, 0) is 61.9 Å². The molecule has 0 aliphatic carbocycles. The van der Waals surface area contributed by atoms with E-state index in [9.17, 15) is 4.79 Å². The molecule has 3 rings (SSSR count). The Morgan fingerprint density at radius 2 is 1.72 bits per heavy atom. The molecule has 3 nitrogen and oxygen atoms in total. The van der Waals surface area contributed by atoms with E-state index in [1.165, 1.54) is 36.1 Å². The molecule has 3 heteroatoms. The number of benzene rings is 2. The first-order chi connectivity index (χ1) is 12.1. The highest BCUT2D eigenvalue weighted by molar-refractivity contribution is 5.79. The molecule has 1 amide bonds. The Morgan fingerprint density at radius 1 is 1.00 bits per heavy atom. The fourth-order valence-corrected chi connectivity index (χ4v) is 3.46. The summed E-state index contributed by atoms with van der Waals surface area (Å²) in [5, 5.41) is 3.04. The lowest BCUT2D eigenvalue weighted by atomic mass is 10.0. The van der Waals surface area contributed by atoms with Crippen LogP contribution in [-0.4, -0.2) is 19.0 Å². The Kier molecular flexibility index (Phi) is 5.75. The topological polar surface area (TPSA) is 32.3 Å². The molecule has 1 heterocycles. The van der Waals surface area contributed by atoms with E-state index >= 15 is 0 Å². The van der Waals surface area contributed by atoms with Gasteiger partial charge in [-0.25, -0.2) is 0 Å². The van der Waals surface area contributed by atoms with Gasteiger partial charge in [-0.3, -0.25) is 4.79 Å². The molecule has 1 N–H and O–H groups in total. The Labute approximate surface area is 151 Å². The largest absolute Gasteiger partial charge is 0.372 e. The van der Waals surface area contributed by atoms with Crippen molar-refractivity contribution in [2.75, 3.05) is 18.0 Å². The Hall–Kier alpha value is -2.29. The van der Waals surface area contributed by atoms with Gasteiger partial charge in [0.1, 0.15) is 0 Å². The molecule has 2 aromatic carbocycles. The van der Waals surface area contributed by atoms with Crippen molar-refractivity contribution < 1.29 is 4.79 Å². The minimum absolute atomic E-state index is 0.0760. The second-order valence-electron chi connectivity index (χ2n) is 7.10. The van der Waals surface area contributed by atoms with Gasteiger partial charge < -0.3 is 10.2 Å². The van der Waals surface area contributed by atoms with E-state index < -0.39 is 0 Å². The van der Waals surface area contributed by atoms with Crippen LogP contribution in [0.15, 0.2) is 42.5 Å². The minimum atomic E-state index is 0.0760. The molecule has 0 bridgehead atoms. The third-order valence-corrected chi connectivity index (χ3v) is 5.00. The van der Waals surface area contributed by atoms with Gasteiger partial charge in [0, 0.05) is 25.3 Å². The summed E-state index contributed by atoms with van der Waals surface area (Å²) in [4.78, 5) is 14.7. The lowest BCUT2D eigenvalue weighted by Gasteiger charge is -2.28. The third kappa shape index (κ3) is 4.85. The molecule has 0 saturated carbocycles. The zero-order chi connectivity index (χ0) is 17.6. The first kappa shape index (κ1) is 17.5. The molecule has 0 unspecified atom stereocenters. The molecule has 1 aliphatic rings. The standard InChI is InChI=1S/C22H28N2O/c1-17-6-9-20(18(2)14-17)15-22(25)23-16-19-7-10-21(11-8-19)24-12-4-3-5-13-24/h6-11,14H,3-5,12-13,15-16H2,1-2H3,(H,23,25). The number of hydrogen-bond acceptors (Lipinski definition) is 2. The average molecular weight is 336 g/mol. The molecule has 0 aromatic heterocycles. The number of aryl methyl sites for hydroxylation is 2. The lowest BCUT2D eigenvalue weighted by molar-refractivity contribution is -0.120. The van der Waals surface area contributed by atoms with Gasteiger partial charge in [0.15, 0.2) is 0 Å². The zero-order valence-corrected chi connectivity index (χ0v) is 15.3. The number of carbonyl (C=O) groups excluding carboxylic acids is 1. The highest BCUT2D eigenvalue weighted by atomic mass is 16.1. The van der Waals surface area contributed by atoms with Crippen LogP contribution in [0.4, 0.5) is 5.69 Å². The summed E-state index contributed by atoms with van der Waals surface area (Å²) in [6.45, 7) is 7.04. The van der Waals surface area contributed by atoms with E-state index in [4.69, 9.17) is 0 Å². The second kappa shape index (κ2) is 8.19. The Morgan fingerprint density at radius 3 is 2.40 bits per heavy atom. The first-order valence-electron chi connectivity index (χ1n) is 9.28. The molecule has 0 radical (unpaired) electrons. The smallest absolute Gasteiger partial charge is 0.224 e. The molecule has 1 saturated heterocycles. The van der Waals surface area contributed by atoms with E-state index in [1.807, 2.05) is 0 Å². The maximum atomic E-state index is 12.2. The van der Waals surface area contributed by atoms with Gasteiger partial charge in [-0.1, -0.05) is 35.9 Å². The lowest BCUT2D eigenvalue weighted by Crippen LogP contribution is -2.29. The molecular weight excluding hydrogens is 308 g/mol. The quantitative estimate of drug-likeness (QED) is 0.889. The van der Waals surface area contributed by atoms with Crippen LogP contribution in [0, 0.1) is 13.8 Å². The molecule has 0 atom stereocenters. The van der Waals surface area contributed by atoms with Crippen molar-refractivity contribution in [3.8, 4) is 0 Å². The van der Waals surface area contributed by atoms with E-state index in [0.717, 1.165) is 24.2 Å². The number of carbonyl (C=O) groups is 1. The van der Waals surface area contributed by atoms with Crippen LogP contribution in [0.3, 0.4) is 0 Å². The number of anilines is 1. The van der Waals surface area contributed by atoms with Gasteiger partial charge in [-0.15, -0.1) is 0 Å². The van der Waals surface area contributed by atoms with Crippen LogP contribution in [0.5, 0.6) is 0 Å². The van der Waals surface area contributed by atoms with Crippen molar-refractivity contribution in [2.45, 2.75) is 46.1 Å². The molecular formula is C22H28N2O. The molecule has 132 valence electrons. The number of nitrogens with zero attached hydrogens (tertiary/aromatic N) is 1. The van der Waals surface area contributed by atoms with E-state index in [2.05, 4.69) is 66.5 Å². The van der Waals surface area contributed by atoms with Crippen LogP contribution in [0.2, 0.25) is 0 Å². The normalized spacial score (nSPS) is 14.4. The van der Waals surface area contributed by atoms with Crippen LogP contribution in [0.1, 0.15) is 41.5 Å². The maximum absolute atomic E-state index is 12.2. The van der Waals surface area contributed by atoms with E-state index in [0.29, 0.717) is 13.0 Å². The highest BCUT2D eigenvalue weighted by Crippen LogP contribution is 2.20. The summed E-state index contributed by atoms with van der Waals surface area (Å²) in [6, 6.07) is 14.9. The summed E-state index contributed by atoms with van der Waals surface area (Å²) < 4.78 is 0. The number of rotatable bonds is 5. The molecule has 2 aromatic rings. The van der Waals surface area contributed by atoms with Gasteiger partial charge in [0.05, 0.1) is 6.42 Å². The van der Waals surface area contributed by atoms with Crippen molar-refractivity contribution in [3.63, 3.8) is 0 Å². The van der Waals surface area contributed by atoms with Crippen molar-refractivity contribution in [1.29, 1.82) is 0 Å². The number of amides is 1. The average Bonchev–Trinajstić information content (AvgIpc) is 2.63. The summed E-state index contributed by atoms with van der Waals surface area (Å²) in [5.74, 6) is 0.0760. The first-order valence-corrected chi connectivity index (χ1v) is 9.28. The van der Waals surface area contributed by atoms with Gasteiger partial charge in [-0.2, -0.15) is 0 Å². The highest BCUT2D eigenvalue weighted by Gasteiger charge is 2.11.